The van der Waals surface area contributed by atoms with Gasteiger partial charge in [-0.25, -0.2) is 4.99 Å². The predicted molar refractivity (Wildman–Crippen MR) is 143 cm³/mol. The number of para-hydroxylation sites is 2. The number of benzene rings is 2. The first-order valence-corrected chi connectivity index (χ1v) is 12.6. The van der Waals surface area contributed by atoms with E-state index in [4.69, 9.17) is 9.73 Å². The molecule has 0 aliphatic heterocycles. The summed E-state index contributed by atoms with van der Waals surface area (Å²) < 4.78 is 5.78. The number of anilines is 1. The Morgan fingerprint density at radius 2 is 1.91 bits per heavy atom. The maximum atomic E-state index is 13.5. The van der Waals surface area contributed by atoms with Gasteiger partial charge in [0, 0.05) is 22.3 Å². The second kappa shape index (κ2) is 10.4. The highest BCUT2D eigenvalue weighted by molar-refractivity contribution is 7.16. The van der Waals surface area contributed by atoms with Gasteiger partial charge in [0.25, 0.3) is 5.91 Å². The van der Waals surface area contributed by atoms with Crippen molar-refractivity contribution in [2.45, 2.75) is 40.0 Å². The minimum atomic E-state index is -0.0961. The molecule has 1 aliphatic rings. The second-order valence-corrected chi connectivity index (χ2v) is 10.8. The predicted octanol–water partition coefficient (Wildman–Crippen LogP) is 7.47. The fourth-order valence-electron chi connectivity index (χ4n) is 4.35. The van der Waals surface area contributed by atoms with Gasteiger partial charge in [-0.2, -0.15) is 0 Å². The van der Waals surface area contributed by atoms with Gasteiger partial charge in [0.2, 0.25) is 0 Å². The lowest BCUT2D eigenvalue weighted by Gasteiger charge is -2.33. The van der Waals surface area contributed by atoms with E-state index in [0.29, 0.717) is 18.1 Å². The zero-order chi connectivity index (χ0) is 24.1. The van der Waals surface area contributed by atoms with Crippen LogP contribution < -0.4 is 10.1 Å². The van der Waals surface area contributed by atoms with E-state index in [-0.39, 0.29) is 11.3 Å². The number of hydrogen-bond donors (Lipinski definition) is 1. The number of ether oxygens (including phenoxy) is 1. The first kappa shape index (κ1) is 24.0. The van der Waals surface area contributed by atoms with Gasteiger partial charge in [-0.15, -0.1) is 11.3 Å². The van der Waals surface area contributed by atoms with Crippen LogP contribution in [0.5, 0.6) is 5.75 Å². The lowest BCUT2D eigenvalue weighted by molar-refractivity contribution is 0.102. The Kier molecular flexibility index (Phi) is 7.32. The fourth-order valence-corrected chi connectivity index (χ4v) is 5.61. The Hall–Kier alpha value is -3.18. The molecule has 5 heteroatoms. The highest BCUT2D eigenvalue weighted by Gasteiger charge is 2.33. The molecule has 34 heavy (non-hydrogen) atoms. The molecule has 1 aliphatic carbocycles. The summed E-state index contributed by atoms with van der Waals surface area (Å²) in [6, 6.07) is 17.4. The molecule has 1 heterocycles. The van der Waals surface area contributed by atoms with Crippen LogP contribution in [0.15, 0.2) is 72.2 Å². The number of fused-ring (bicyclic) bond motifs is 1. The smallest absolute Gasteiger partial charge is 0.259 e. The van der Waals surface area contributed by atoms with Crippen LogP contribution in [0.2, 0.25) is 0 Å². The molecule has 1 N–H and O–H groups in total. The standard InChI is InChI=1S/C29H32N2O2S/c1-5-17-33-24-14-10-9-11-20(24)19-30-28-26(27(32)31-22-12-7-6-8-13-22)23-16-15-21(29(2,3)4)18-25(23)34-28/h5-14,19,21H,1,15-18H2,2-4H3,(H,31,32)/t21-/m1/s1. The van der Waals surface area contributed by atoms with Crippen LogP contribution in [0.25, 0.3) is 0 Å². The number of nitrogens with zero attached hydrogens (tertiary/aromatic N) is 1. The lowest BCUT2D eigenvalue weighted by atomic mass is 9.72. The van der Waals surface area contributed by atoms with Crippen LogP contribution in [-0.2, 0) is 12.8 Å². The number of carbonyl (C=O) groups is 1. The Morgan fingerprint density at radius 1 is 1.18 bits per heavy atom. The van der Waals surface area contributed by atoms with E-state index >= 15 is 0 Å². The molecular formula is C29H32N2O2S. The number of thiophene rings is 1. The van der Waals surface area contributed by atoms with Crippen molar-refractivity contribution in [3.05, 3.63) is 88.8 Å². The van der Waals surface area contributed by atoms with Crippen molar-refractivity contribution in [2.75, 3.05) is 11.9 Å². The van der Waals surface area contributed by atoms with Gasteiger partial charge in [-0.1, -0.05) is 63.8 Å². The largest absolute Gasteiger partial charge is 0.489 e. The average Bonchev–Trinajstić information content (AvgIpc) is 3.19. The van der Waals surface area contributed by atoms with Crippen molar-refractivity contribution >= 4 is 34.1 Å². The number of nitrogens with one attached hydrogen (secondary N) is 1. The molecule has 0 radical (unpaired) electrons. The Bertz CT molecular complexity index is 1190. The van der Waals surface area contributed by atoms with Crippen molar-refractivity contribution in [3.63, 3.8) is 0 Å². The third-order valence-electron chi connectivity index (χ3n) is 6.33. The number of aliphatic imine (C=N–C) groups is 1. The summed E-state index contributed by atoms with van der Waals surface area (Å²) in [4.78, 5) is 19.6. The minimum Gasteiger partial charge on any atom is -0.489 e. The SMILES string of the molecule is C=CCOc1ccccc1C=Nc1sc2c(c1C(=O)Nc1ccccc1)CC[C@@H](C(C)(C)C)C2. The Balaban J connectivity index is 1.70. The van der Waals surface area contributed by atoms with Crippen molar-refractivity contribution in [1.29, 1.82) is 0 Å². The number of rotatable bonds is 7. The zero-order valence-corrected chi connectivity index (χ0v) is 21.0. The number of hydrogen-bond acceptors (Lipinski definition) is 4. The molecule has 2 aromatic carbocycles. The van der Waals surface area contributed by atoms with Gasteiger partial charge in [0.05, 0.1) is 5.56 Å². The quantitative estimate of drug-likeness (QED) is 0.286. The maximum Gasteiger partial charge on any atom is 0.259 e. The lowest BCUT2D eigenvalue weighted by Crippen LogP contribution is -2.27. The van der Waals surface area contributed by atoms with Gasteiger partial charge in [0.15, 0.2) is 0 Å². The first-order valence-electron chi connectivity index (χ1n) is 11.7. The van der Waals surface area contributed by atoms with E-state index in [1.165, 1.54) is 4.88 Å². The monoisotopic (exact) mass is 472 g/mol. The molecule has 0 bridgehead atoms. The minimum absolute atomic E-state index is 0.0961. The summed E-state index contributed by atoms with van der Waals surface area (Å²) in [5, 5.41) is 3.83. The first-order chi connectivity index (χ1) is 16.4. The van der Waals surface area contributed by atoms with E-state index in [0.717, 1.165) is 46.8 Å². The highest BCUT2D eigenvalue weighted by atomic mass is 32.1. The van der Waals surface area contributed by atoms with Gasteiger partial charge < -0.3 is 10.1 Å². The molecule has 0 saturated carbocycles. The summed E-state index contributed by atoms with van der Waals surface area (Å²) in [5.41, 5.74) is 3.75. The second-order valence-electron chi connectivity index (χ2n) is 9.71. The topological polar surface area (TPSA) is 50.7 Å². The van der Waals surface area contributed by atoms with Crippen molar-refractivity contribution in [2.24, 2.45) is 16.3 Å². The van der Waals surface area contributed by atoms with Crippen molar-refractivity contribution in [1.82, 2.24) is 0 Å². The van der Waals surface area contributed by atoms with Crippen LogP contribution >= 0.6 is 11.3 Å². The van der Waals surface area contributed by atoms with Gasteiger partial charge in [-0.05, 0) is 60.4 Å². The summed E-state index contributed by atoms with van der Waals surface area (Å²) in [6.45, 7) is 11.1. The van der Waals surface area contributed by atoms with Crippen LogP contribution in [0.3, 0.4) is 0 Å². The van der Waals surface area contributed by atoms with Gasteiger partial charge >= 0.3 is 0 Å². The molecule has 1 atom stereocenters. The summed E-state index contributed by atoms with van der Waals surface area (Å²) in [6.07, 6.45) is 6.50. The summed E-state index contributed by atoms with van der Waals surface area (Å²) >= 11 is 1.65. The summed E-state index contributed by atoms with van der Waals surface area (Å²) in [7, 11) is 0. The summed E-state index contributed by atoms with van der Waals surface area (Å²) in [5.74, 6) is 1.24. The Labute approximate surface area is 206 Å². The molecule has 176 valence electrons. The normalized spacial score (nSPS) is 15.7. The van der Waals surface area contributed by atoms with Crippen LogP contribution in [0.4, 0.5) is 10.7 Å². The maximum absolute atomic E-state index is 13.5. The average molecular weight is 473 g/mol. The molecule has 0 fully saturated rings. The van der Waals surface area contributed by atoms with Gasteiger partial charge in [-0.3, -0.25) is 4.79 Å². The molecular weight excluding hydrogens is 440 g/mol. The third-order valence-corrected chi connectivity index (χ3v) is 7.49. The van der Waals surface area contributed by atoms with Crippen LogP contribution in [0, 0.1) is 11.3 Å². The fraction of sp³-hybridized carbons (Fsp3) is 0.310. The van der Waals surface area contributed by atoms with Crippen LogP contribution in [-0.4, -0.2) is 18.7 Å². The van der Waals surface area contributed by atoms with Crippen LogP contribution in [0.1, 0.15) is 53.6 Å². The molecule has 1 amide bonds. The van der Waals surface area contributed by atoms with E-state index in [2.05, 4.69) is 32.7 Å². The molecule has 1 aromatic heterocycles. The number of carbonyl (C=O) groups excluding carboxylic acids is 1. The van der Waals surface area contributed by atoms with E-state index < -0.39 is 0 Å². The zero-order valence-electron chi connectivity index (χ0n) is 20.1. The molecule has 0 saturated heterocycles. The molecule has 3 aromatic rings. The highest BCUT2D eigenvalue weighted by Crippen LogP contribution is 2.45. The third kappa shape index (κ3) is 5.48. The van der Waals surface area contributed by atoms with E-state index in [1.54, 1.807) is 23.6 Å². The van der Waals surface area contributed by atoms with Crippen molar-refractivity contribution < 1.29 is 9.53 Å². The molecule has 0 unspecified atom stereocenters. The molecule has 4 rings (SSSR count). The number of amides is 1. The van der Waals surface area contributed by atoms with Crippen molar-refractivity contribution in [3.8, 4) is 5.75 Å². The Morgan fingerprint density at radius 3 is 2.65 bits per heavy atom. The van der Waals surface area contributed by atoms with E-state index in [1.807, 2.05) is 54.6 Å². The van der Waals surface area contributed by atoms with Gasteiger partial charge in [0.1, 0.15) is 17.4 Å². The molecule has 0 spiro atoms. The van der Waals surface area contributed by atoms with E-state index in [9.17, 15) is 4.79 Å². The molecule has 4 nitrogen and oxygen atoms in total.